The van der Waals surface area contributed by atoms with E-state index in [1.165, 1.54) is 24.3 Å². The van der Waals surface area contributed by atoms with Crippen LogP contribution in [0.4, 0.5) is 0 Å². The molecule has 0 fully saturated rings. The van der Waals surface area contributed by atoms with Crippen LogP contribution in [0.15, 0.2) is 24.3 Å². The number of hydrogen-bond acceptors (Lipinski definition) is 7. The maximum atomic E-state index is 11.5. The highest BCUT2D eigenvalue weighted by Gasteiger charge is 2.19. The first-order valence-electron chi connectivity index (χ1n) is 9.60. The number of phenolic OH excluding ortho intramolecular Hbond substituents is 1. The van der Waals surface area contributed by atoms with Gasteiger partial charge in [-0.3, -0.25) is 9.59 Å². The number of nitrogens with two attached hydrogens (primary N) is 1. The lowest BCUT2D eigenvalue weighted by molar-refractivity contribution is -0.134. The minimum absolute atomic E-state index is 0.00154. The van der Waals surface area contributed by atoms with Crippen molar-refractivity contribution in [3.8, 4) is 5.75 Å². The van der Waals surface area contributed by atoms with Crippen LogP contribution in [0, 0.1) is 11.8 Å². The van der Waals surface area contributed by atoms with Crippen LogP contribution in [0.5, 0.6) is 5.75 Å². The first-order chi connectivity index (χ1) is 13.5. The van der Waals surface area contributed by atoms with E-state index in [0.29, 0.717) is 18.0 Å². The molecule has 1 aromatic rings. The number of carbonyl (C=O) groups excluding carboxylic acids is 3. The summed E-state index contributed by atoms with van der Waals surface area (Å²) in [6, 6.07) is 5.48. The monoisotopic (exact) mass is 410 g/mol. The molecule has 0 saturated heterocycles. The standard InChI is InChI=1S/C11H12O5.C10H22N2O/c1-8(16-7-12)6-15-11(14)9-2-4-10(13)5-3-9;1-6(2)8(5)12-10(13)9(11)7(3)4/h2-5,7-8,13H,6H2,1H3;6-9H,11H2,1-5H3,(H,12,13). The van der Waals surface area contributed by atoms with E-state index < -0.39 is 12.1 Å². The highest BCUT2D eigenvalue weighted by Crippen LogP contribution is 2.10. The minimum atomic E-state index is -0.527. The Hall–Kier alpha value is -2.61. The summed E-state index contributed by atoms with van der Waals surface area (Å²) in [5, 5.41) is 11.9. The zero-order valence-corrected chi connectivity index (χ0v) is 18.0. The third-order valence-electron chi connectivity index (χ3n) is 4.23. The lowest BCUT2D eigenvalue weighted by Crippen LogP contribution is -2.48. The van der Waals surface area contributed by atoms with Crippen molar-refractivity contribution < 1.29 is 29.0 Å². The van der Waals surface area contributed by atoms with Crippen molar-refractivity contribution in [3.63, 3.8) is 0 Å². The van der Waals surface area contributed by atoms with Crippen LogP contribution in [0.25, 0.3) is 0 Å². The average molecular weight is 411 g/mol. The molecule has 8 heteroatoms. The molecule has 0 bridgehead atoms. The first-order valence-corrected chi connectivity index (χ1v) is 9.60. The number of amides is 1. The zero-order chi connectivity index (χ0) is 22.6. The highest BCUT2D eigenvalue weighted by atomic mass is 16.6. The lowest BCUT2D eigenvalue weighted by Gasteiger charge is -2.21. The van der Waals surface area contributed by atoms with Gasteiger partial charge >= 0.3 is 5.97 Å². The maximum absolute atomic E-state index is 11.5. The molecule has 164 valence electrons. The second kappa shape index (κ2) is 13.5. The van der Waals surface area contributed by atoms with E-state index in [-0.39, 0.29) is 36.3 Å². The number of ether oxygens (including phenoxy) is 2. The van der Waals surface area contributed by atoms with E-state index in [1.54, 1.807) is 6.92 Å². The second-order valence-electron chi connectivity index (χ2n) is 7.50. The molecular formula is C21H34N2O6. The van der Waals surface area contributed by atoms with Crippen molar-refractivity contribution in [1.82, 2.24) is 5.32 Å². The Morgan fingerprint density at radius 3 is 2.07 bits per heavy atom. The van der Waals surface area contributed by atoms with E-state index in [1.807, 2.05) is 20.8 Å². The Labute approximate surface area is 172 Å². The van der Waals surface area contributed by atoms with Crippen LogP contribution in [0.1, 0.15) is 51.9 Å². The van der Waals surface area contributed by atoms with Gasteiger partial charge in [0.2, 0.25) is 5.91 Å². The minimum Gasteiger partial charge on any atom is -0.508 e. The summed E-state index contributed by atoms with van der Waals surface area (Å²) in [7, 11) is 0. The molecule has 0 heterocycles. The van der Waals surface area contributed by atoms with Crippen LogP contribution in [0.2, 0.25) is 0 Å². The fourth-order valence-corrected chi connectivity index (χ4v) is 1.80. The quantitative estimate of drug-likeness (QED) is 0.421. The van der Waals surface area contributed by atoms with Crippen molar-refractivity contribution in [2.24, 2.45) is 17.6 Å². The third kappa shape index (κ3) is 11.1. The number of phenols is 1. The number of benzene rings is 1. The van der Waals surface area contributed by atoms with Gasteiger partial charge in [0.05, 0.1) is 11.6 Å². The largest absolute Gasteiger partial charge is 0.508 e. The number of esters is 1. The van der Waals surface area contributed by atoms with Crippen LogP contribution >= 0.6 is 0 Å². The van der Waals surface area contributed by atoms with Crippen molar-refractivity contribution in [3.05, 3.63) is 29.8 Å². The molecule has 0 spiro atoms. The van der Waals surface area contributed by atoms with Crippen molar-refractivity contribution in [2.45, 2.75) is 59.7 Å². The molecule has 0 saturated carbocycles. The summed E-state index contributed by atoms with van der Waals surface area (Å²) in [6.07, 6.45) is -0.474. The SMILES string of the molecule is CC(C)C(C)NC(=O)C(N)C(C)C.CC(COC(=O)c1ccc(O)cc1)OC=O. The van der Waals surface area contributed by atoms with E-state index in [4.69, 9.17) is 15.6 Å². The molecule has 0 radical (unpaired) electrons. The van der Waals surface area contributed by atoms with Gasteiger partial charge in [-0.15, -0.1) is 0 Å². The van der Waals surface area contributed by atoms with E-state index >= 15 is 0 Å². The normalized spacial score (nSPS) is 13.6. The molecule has 3 atom stereocenters. The van der Waals surface area contributed by atoms with Gasteiger partial charge in [0, 0.05) is 6.04 Å². The topological polar surface area (TPSA) is 128 Å². The predicted octanol–water partition coefficient (Wildman–Crippen LogP) is 2.24. The van der Waals surface area contributed by atoms with Crippen LogP contribution in [-0.2, 0) is 19.1 Å². The molecule has 4 N–H and O–H groups in total. The van der Waals surface area contributed by atoms with E-state index in [9.17, 15) is 14.4 Å². The number of aromatic hydroxyl groups is 1. The zero-order valence-electron chi connectivity index (χ0n) is 18.0. The van der Waals surface area contributed by atoms with Gasteiger partial charge in [0.25, 0.3) is 6.47 Å². The molecule has 3 unspecified atom stereocenters. The Morgan fingerprint density at radius 2 is 1.62 bits per heavy atom. The first kappa shape index (κ1) is 26.4. The molecule has 0 aliphatic carbocycles. The maximum Gasteiger partial charge on any atom is 0.338 e. The number of nitrogens with one attached hydrogen (secondary N) is 1. The van der Waals surface area contributed by atoms with Gasteiger partial charge in [-0.2, -0.15) is 0 Å². The molecule has 0 aromatic heterocycles. The van der Waals surface area contributed by atoms with Crippen LogP contribution in [0.3, 0.4) is 0 Å². The van der Waals surface area contributed by atoms with E-state index in [0.717, 1.165) is 0 Å². The summed E-state index contributed by atoms with van der Waals surface area (Å²) in [5.41, 5.74) is 6.03. The second-order valence-corrected chi connectivity index (χ2v) is 7.50. The lowest BCUT2D eigenvalue weighted by atomic mass is 10.0. The molecule has 1 aromatic carbocycles. The number of hydrogen-bond donors (Lipinski definition) is 3. The molecule has 1 rings (SSSR count). The Morgan fingerprint density at radius 1 is 1.07 bits per heavy atom. The molecular weight excluding hydrogens is 376 g/mol. The van der Waals surface area contributed by atoms with Crippen LogP contribution < -0.4 is 11.1 Å². The smallest absolute Gasteiger partial charge is 0.338 e. The van der Waals surface area contributed by atoms with E-state index in [2.05, 4.69) is 23.9 Å². The molecule has 0 aliphatic heterocycles. The van der Waals surface area contributed by atoms with Gasteiger partial charge in [-0.05, 0) is 49.9 Å². The summed E-state index contributed by atoms with van der Waals surface area (Å²) in [5.74, 6) is 0.148. The number of rotatable bonds is 9. The molecule has 0 aliphatic rings. The van der Waals surface area contributed by atoms with Crippen molar-refractivity contribution in [1.29, 1.82) is 0 Å². The van der Waals surface area contributed by atoms with Crippen molar-refractivity contribution >= 4 is 18.3 Å². The third-order valence-corrected chi connectivity index (χ3v) is 4.23. The molecule has 8 nitrogen and oxygen atoms in total. The van der Waals surface area contributed by atoms with Gasteiger partial charge in [0.1, 0.15) is 18.5 Å². The number of carbonyl (C=O) groups is 3. The fraction of sp³-hybridized carbons (Fsp3) is 0.571. The summed E-state index contributed by atoms with van der Waals surface area (Å²) >= 11 is 0. The summed E-state index contributed by atoms with van der Waals surface area (Å²) < 4.78 is 9.43. The Balaban J connectivity index is 0.000000555. The molecule has 1 amide bonds. The fourth-order valence-electron chi connectivity index (χ4n) is 1.80. The highest BCUT2D eigenvalue weighted by molar-refractivity contribution is 5.89. The van der Waals surface area contributed by atoms with Gasteiger partial charge in [-0.1, -0.05) is 27.7 Å². The van der Waals surface area contributed by atoms with Gasteiger partial charge in [-0.25, -0.2) is 4.79 Å². The van der Waals surface area contributed by atoms with Gasteiger partial charge in [0.15, 0.2) is 0 Å². The predicted molar refractivity (Wildman–Crippen MR) is 110 cm³/mol. The van der Waals surface area contributed by atoms with Crippen molar-refractivity contribution in [2.75, 3.05) is 6.61 Å². The summed E-state index contributed by atoms with van der Waals surface area (Å²) in [6.45, 7) is 12.0. The Bertz CT molecular complexity index is 631. The summed E-state index contributed by atoms with van der Waals surface area (Å²) in [4.78, 5) is 32.9. The molecule has 29 heavy (non-hydrogen) atoms. The Kier molecular flexibility index (Phi) is 12.3. The van der Waals surface area contributed by atoms with Crippen LogP contribution in [-0.4, -0.2) is 48.2 Å². The average Bonchev–Trinajstić information content (AvgIpc) is 2.66. The van der Waals surface area contributed by atoms with Gasteiger partial charge < -0.3 is 25.6 Å².